The predicted molar refractivity (Wildman–Crippen MR) is 53.9 cm³/mol. The third kappa shape index (κ3) is 3.06. The van der Waals surface area contributed by atoms with Crippen molar-refractivity contribution in [3.63, 3.8) is 0 Å². The molecule has 1 aromatic rings. The number of rotatable bonds is 3. The van der Waals surface area contributed by atoms with Gasteiger partial charge in [-0.2, -0.15) is 0 Å². The Kier molecular flexibility index (Phi) is 3.63. The Morgan fingerprint density at radius 1 is 1.06 bits per heavy atom. The van der Waals surface area contributed by atoms with Gasteiger partial charge in [-0.15, -0.1) is 0 Å². The van der Waals surface area contributed by atoms with Crippen LogP contribution in [0.5, 0.6) is 0 Å². The van der Waals surface area contributed by atoms with Crippen molar-refractivity contribution in [3.05, 3.63) is 35.9 Å². The molecule has 1 aromatic carbocycles. The Bertz CT molecular complexity index is 369. The van der Waals surface area contributed by atoms with Crippen molar-refractivity contribution >= 4 is 11.9 Å². The first kappa shape index (κ1) is 12.2. The second kappa shape index (κ2) is 4.76. The summed E-state index contributed by atoms with van der Waals surface area (Å²) in [7, 11) is 0. The lowest BCUT2D eigenvalue weighted by molar-refractivity contribution is -0.334. The molecule has 0 saturated heterocycles. The molecule has 0 spiro atoms. The second-order valence-electron chi connectivity index (χ2n) is 3.14. The van der Waals surface area contributed by atoms with Crippen molar-refractivity contribution in [2.75, 3.05) is 0 Å². The van der Waals surface area contributed by atoms with Gasteiger partial charge in [0.05, 0.1) is 5.56 Å². The minimum atomic E-state index is -2.36. The summed E-state index contributed by atoms with van der Waals surface area (Å²) in [4.78, 5) is 21.7. The van der Waals surface area contributed by atoms with Crippen LogP contribution in [-0.4, -0.2) is 17.0 Å². The smallest absolute Gasteiger partial charge is 0.394 e. The Morgan fingerprint density at radius 2 is 1.50 bits per heavy atom. The molecule has 0 saturated carbocycles. The SMILES string of the molecule is CC(=O)OC(O)(OC(C)=O)c1ccccc1. The predicted octanol–water partition coefficient (Wildman–Crippen LogP) is 0.915. The molecule has 5 nitrogen and oxygen atoms in total. The number of benzene rings is 1. The Hall–Kier alpha value is -1.88. The van der Waals surface area contributed by atoms with E-state index in [2.05, 4.69) is 9.47 Å². The van der Waals surface area contributed by atoms with Crippen LogP contribution in [0.4, 0.5) is 0 Å². The minimum Gasteiger partial charge on any atom is -0.394 e. The van der Waals surface area contributed by atoms with Gasteiger partial charge < -0.3 is 14.6 Å². The lowest BCUT2D eigenvalue weighted by Crippen LogP contribution is -2.36. The fourth-order valence-electron chi connectivity index (χ4n) is 1.18. The van der Waals surface area contributed by atoms with Crippen molar-refractivity contribution in [2.24, 2.45) is 0 Å². The highest BCUT2D eigenvalue weighted by Crippen LogP contribution is 2.24. The van der Waals surface area contributed by atoms with Crippen molar-refractivity contribution in [1.82, 2.24) is 0 Å². The molecule has 0 bridgehead atoms. The average molecular weight is 224 g/mol. The molecule has 1 rings (SSSR count). The number of carbonyl (C=O) groups excluding carboxylic acids is 2. The van der Waals surface area contributed by atoms with Gasteiger partial charge in [0.15, 0.2) is 0 Å². The molecule has 0 aliphatic heterocycles. The molecule has 0 amide bonds. The quantitative estimate of drug-likeness (QED) is 0.610. The third-order valence-electron chi connectivity index (χ3n) is 1.70. The van der Waals surface area contributed by atoms with Crippen molar-refractivity contribution in [2.45, 2.75) is 19.8 Å². The molecule has 86 valence electrons. The van der Waals surface area contributed by atoms with E-state index >= 15 is 0 Å². The van der Waals surface area contributed by atoms with Gasteiger partial charge in [-0.05, 0) is 12.1 Å². The number of esters is 2. The first-order valence-corrected chi connectivity index (χ1v) is 4.61. The van der Waals surface area contributed by atoms with Crippen LogP contribution in [0.1, 0.15) is 19.4 Å². The average Bonchev–Trinajstić information content (AvgIpc) is 2.16. The molecule has 0 aliphatic carbocycles. The summed E-state index contributed by atoms with van der Waals surface area (Å²) >= 11 is 0. The first-order valence-electron chi connectivity index (χ1n) is 4.61. The minimum absolute atomic E-state index is 0.167. The monoisotopic (exact) mass is 224 g/mol. The zero-order valence-corrected chi connectivity index (χ0v) is 8.97. The molecular weight excluding hydrogens is 212 g/mol. The highest BCUT2D eigenvalue weighted by atomic mass is 16.8. The number of carbonyl (C=O) groups is 2. The largest absolute Gasteiger partial charge is 0.403 e. The van der Waals surface area contributed by atoms with Gasteiger partial charge in [-0.25, -0.2) is 0 Å². The van der Waals surface area contributed by atoms with Crippen LogP contribution in [0.15, 0.2) is 30.3 Å². The zero-order valence-electron chi connectivity index (χ0n) is 8.97. The summed E-state index contributed by atoms with van der Waals surface area (Å²) in [5.41, 5.74) is 0.167. The van der Waals surface area contributed by atoms with E-state index in [1.807, 2.05) is 0 Å². The lowest BCUT2D eigenvalue weighted by atomic mass is 10.2. The summed E-state index contributed by atoms with van der Waals surface area (Å²) in [6.45, 7) is 2.22. The van der Waals surface area contributed by atoms with Gasteiger partial charge in [-0.3, -0.25) is 9.59 Å². The molecule has 0 radical (unpaired) electrons. The number of hydrogen-bond acceptors (Lipinski definition) is 5. The van der Waals surface area contributed by atoms with Gasteiger partial charge in [-0.1, -0.05) is 18.2 Å². The molecule has 16 heavy (non-hydrogen) atoms. The van der Waals surface area contributed by atoms with Crippen molar-refractivity contribution < 1.29 is 24.2 Å². The molecule has 0 aliphatic rings. The van der Waals surface area contributed by atoms with Gasteiger partial charge in [0.25, 0.3) is 0 Å². The van der Waals surface area contributed by atoms with Crippen LogP contribution in [0, 0.1) is 0 Å². The summed E-state index contributed by atoms with van der Waals surface area (Å²) in [6.07, 6.45) is 0. The van der Waals surface area contributed by atoms with Crippen LogP contribution in [-0.2, 0) is 25.0 Å². The molecule has 0 unspecified atom stereocenters. The maximum atomic E-state index is 10.8. The number of aliphatic hydroxyl groups is 1. The summed E-state index contributed by atoms with van der Waals surface area (Å²) in [6, 6.07) is 7.91. The Balaban J connectivity index is 3.04. The van der Waals surface area contributed by atoms with Gasteiger partial charge in [0, 0.05) is 13.8 Å². The number of ether oxygens (including phenoxy) is 2. The molecule has 0 aromatic heterocycles. The summed E-state index contributed by atoms with van der Waals surface area (Å²) in [5.74, 6) is -3.88. The maximum Gasteiger partial charge on any atom is 0.403 e. The van der Waals surface area contributed by atoms with Gasteiger partial charge >= 0.3 is 17.9 Å². The fourth-order valence-corrected chi connectivity index (χ4v) is 1.18. The van der Waals surface area contributed by atoms with E-state index in [-0.39, 0.29) is 5.56 Å². The van der Waals surface area contributed by atoms with E-state index in [1.54, 1.807) is 18.2 Å². The molecule has 5 heteroatoms. The highest BCUT2D eigenvalue weighted by Gasteiger charge is 2.37. The first-order chi connectivity index (χ1) is 7.44. The van der Waals surface area contributed by atoms with Crippen LogP contribution in [0.2, 0.25) is 0 Å². The topological polar surface area (TPSA) is 72.8 Å². The van der Waals surface area contributed by atoms with Crippen LogP contribution >= 0.6 is 0 Å². The molecule has 0 heterocycles. The van der Waals surface area contributed by atoms with E-state index < -0.39 is 17.9 Å². The van der Waals surface area contributed by atoms with E-state index in [1.165, 1.54) is 12.1 Å². The lowest BCUT2D eigenvalue weighted by Gasteiger charge is -2.25. The molecule has 1 N–H and O–H groups in total. The van der Waals surface area contributed by atoms with Crippen LogP contribution in [0.25, 0.3) is 0 Å². The zero-order chi connectivity index (χ0) is 12.2. The summed E-state index contributed by atoms with van der Waals surface area (Å²) in [5, 5.41) is 9.94. The fraction of sp³-hybridized carbons (Fsp3) is 0.273. The molecular formula is C11H12O5. The van der Waals surface area contributed by atoms with Crippen LogP contribution < -0.4 is 0 Å². The van der Waals surface area contributed by atoms with E-state index in [0.29, 0.717) is 0 Å². The van der Waals surface area contributed by atoms with E-state index in [0.717, 1.165) is 13.8 Å². The third-order valence-corrected chi connectivity index (χ3v) is 1.70. The van der Waals surface area contributed by atoms with Crippen LogP contribution in [0.3, 0.4) is 0 Å². The Morgan fingerprint density at radius 3 is 1.88 bits per heavy atom. The molecule has 0 atom stereocenters. The standard InChI is InChI=1S/C11H12O5/c1-8(12)15-11(14,16-9(2)13)10-6-4-3-5-7-10/h3-7,14H,1-2H3. The normalized spacial score (nSPS) is 10.7. The second-order valence-corrected chi connectivity index (χ2v) is 3.14. The van der Waals surface area contributed by atoms with Gasteiger partial charge in [0.2, 0.25) is 0 Å². The number of hydrogen-bond donors (Lipinski definition) is 1. The van der Waals surface area contributed by atoms with E-state index in [9.17, 15) is 14.7 Å². The highest BCUT2D eigenvalue weighted by molar-refractivity contribution is 5.68. The van der Waals surface area contributed by atoms with E-state index in [4.69, 9.17) is 0 Å². The van der Waals surface area contributed by atoms with Crippen molar-refractivity contribution in [3.8, 4) is 0 Å². The van der Waals surface area contributed by atoms with Crippen molar-refractivity contribution in [1.29, 1.82) is 0 Å². The maximum absolute atomic E-state index is 10.8. The molecule has 0 fully saturated rings. The van der Waals surface area contributed by atoms with Gasteiger partial charge in [0.1, 0.15) is 0 Å². The Labute approximate surface area is 92.6 Å². The summed E-state index contributed by atoms with van der Waals surface area (Å²) < 4.78 is 9.22.